The van der Waals surface area contributed by atoms with Gasteiger partial charge in [-0.3, -0.25) is 14.2 Å². The molecule has 0 bridgehead atoms. The average molecular weight is 366 g/mol. The zero-order valence-electron chi connectivity index (χ0n) is 14.1. The summed E-state index contributed by atoms with van der Waals surface area (Å²) in [6.45, 7) is 1.59. The van der Waals surface area contributed by atoms with Crippen molar-refractivity contribution in [1.29, 1.82) is 0 Å². The monoisotopic (exact) mass is 366 g/mol. The van der Waals surface area contributed by atoms with Crippen LogP contribution < -0.4 is 10.9 Å². The molecule has 5 rings (SSSR count). The molecule has 2 aliphatic rings. The van der Waals surface area contributed by atoms with E-state index in [0.29, 0.717) is 28.8 Å². The van der Waals surface area contributed by atoms with E-state index in [1.165, 1.54) is 22.2 Å². The van der Waals surface area contributed by atoms with Gasteiger partial charge in [-0.05, 0) is 18.1 Å². The van der Waals surface area contributed by atoms with Gasteiger partial charge in [-0.25, -0.2) is 4.98 Å². The number of piperazine rings is 1. The Morgan fingerprint density at radius 1 is 1.31 bits per heavy atom. The van der Waals surface area contributed by atoms with Crippen molar-refractivity contribution in [2.45, 2.75) is 25.0 Å². The predicted molar refractivity (Wildman–Crippen MR) is 101 cm³/mol. The molecule has 0 spiro atoms. The van der Waals surface area contributed by atoms with E-state index in [0.717, 1.165) is 23.4 Å². The number of aromatic nitrogens is 2. The van der Waals surface area contributed by atoms with E-state index in [1.54, 1.807) is 0 Å². The van der Waals surface area contributed by atoms with E-state index in [1.807, 2.05) is 41.3 Å². The van der Waals surface area contributed by atoms with Gasteiger partial charge in [0.2, 0.25) is 5.91 Å². The summed E-state index contributed by atoms with van der Waals surface area (Å²) in [5.74, 6) is 0.000706. The van der Waals surface area contributed by atoms with Crippen LogP contribution in [0.2, 0.25) is 0 Å². The fourth-order valence-corrected chi connectivity index (χ4v) is 4.64. The number of nitrogens with one attached hydrogen (secondary N) is 1. The third kappa shape index (κ3) is 2.64. The van der Waals surface area contributed by atoms with Crippen LogP contribution in [0.5, 0.6) is 0 Å². The molecule has 2 aromatic heterocycles. The van der Waals surface area contributed by atoms with Crippen molar-refractivity contribution in [3.63, 3.8) is 0 Å². The van der Waals surface area contributed by atoms with Crippen LogP contribution >= 0.6 is 11.3 Å². The first-order chi connectivity index (χ1) is 12.7. The lowest BCUT2D eigenvalue weighted by Crippen LogP contribution is -2.48. The molecule has 132 valence electrons. The summed E-state index contributed by atoms with van der Waals surface area (Å²) in [6, 6.07) is 12.6. The van der Waals surface area contributed by atoms with Gasteiger partial charge in [0.15, 0.2) is 0 Å². The highest BCUT2D eigenvalue weighted by molar-refractivity contribution is 7.21. The van der Waals surface area contributed by atoms with Crippen LogP contribution in [0.1, 0.15) is 6.42 Å². The summed E-state index contributed by atoms with van der Waals surface area (Å²) in [7, 11) is 0. The second-order valence-electron chi connectivity index (χ2n) is 6.82. The summed E-state index contributed by atoms with van der Waals surface area (Å²) in [5, 5.41) is 3.96. The quantitative estimate of drug-likeness (QED) is 0.766. The minimum absolute atomic E-state index is 0.000706. The number of nitrogens with zero attached hydrogens (tertiary/aromatic N) is 3. The van der Waals surface area contributed by atoms with Crippen molar-refractivity contribution in [3.8, 4) is 10.4 Å². The maximum atomic E-state index is 12.8. The van der Waals surface area contributed by atoms with Crippen molar-refractivity contribution in [2.24, 2.45) is 0 Å². The molecule has 6 nitrogen and oxygen atoms in total. The van der Waals surface area contributed by atoms with Gasteiger partial charge >= 0.3 is 0 Å². The molecule has 7 heteroatoms. The Balaban J connectivity index is 1.44. The van der Waals surface area contributed by atoms with Gasteiger partial charge in [-0.2, -0.15) is 0 Å². The molecule has 2 unspecified atom stereocenters. The Bertz CT molecular complexity index is 1040. The first-order valence-corrected chi connectivity index (χ1v) is 9.59. The summed E-state index contributed by atoms with van der Waals surface area (Å²) in [4.78, 5) is 33.5. The molecule has 3 aromatic rings. The minimum Gasteiger partial charge on any atom is -0.335 e. The van der Waals surface area contributed by atoms with Crippen LogP contribution in [-0.2, 0) is 11.3 Å². The molecule has 1 amide bonds. The molecule has 1 aliphatic carbocycles. The largest absolute Gasteiger partial charge is 0.335 e. The highest BCUT2D eigenvalue weighted by Gasteiger charge is 2.46. The van der Waals surface area contributed by atoms with Crippen molar-refractivity contribution < 1.29 is 4.79 Å². The molecule has 2 fully saturated rings. The van der Waals surface area contributed by atoms with Crippen molar-refractivity contribution >= 4 is 27.5 Å². The van der Waals surface area contributed by atoms with E-state index in [9.17, 15) is 9.59 Å². The third-order valence-corrected chi connectivity index (χ3v) is 6.21. The molecule has 1 saturated carbocycles. The number of hydrogen-bond acceptors (Lipinski definition) is 5. The normalized spacial score (nSPS) is 21.6. The van der Waals surface area contributed by atoms with Gasteiger partial charge in [0, 0.05) is 30.1 Å². The van der Waals surface area contributed by atoms with Gasteiger partial charge in [0.25, 0.3) is 5.56 Å². The van der Waals surface area contributed by atoms with E-state index < -0.39 is 0 Å². The average Bonchev–Trinajstić information content (AvgIpc) is 3.34. The maximum Gasteiger partial charge on any atom is 0.262 e. The lowest BCUT2D eigenvalue weighted by atomic mass is 10.2. The van der Waals surface area contributed by atoms with Gasteiger partial charge < -0.3 is 10.2 Å². The number of hydrogen-bond donors (Lipinski definition) is 1. The van der Waals surface area contributed by atoms with Crippen LogP contribution in [0.4, 0.5) is 0 Å². The van der Waals surface area contributed by atoms with E-state index in [4.69, 9.17) is 0 Å². The summed E-state index contributed by atoms with van der Waals surface area (Å²) >= 11 is 1.50. The molecule has 1 aliphatic heterocycles. The first kappa shape index (κ1) is 15.7. The van der Waals surface area contributed by atoms with Gasteiger partial charge in [-0.15, -0.1) is 11.3 Å². The Morgan fingerprint density at radius 3 is 3.00 bits per heavy atom. The highest BCUT2D eigenvalue weighted by Crippen LogP contribution is 2.31. The minimum atomic E-state index is -0.149. The molecule has 1 aromatic carbocycles. The second kappa shape index (κ2) is 6.03. The van der Waals surface area contributed by atoms with Crippen LogP contribution in [0.3, 0.4) is 0 Å². The summed E-state index contributed by atoms with van der Waals surface area (Å²) in [5.41, 5.74) is 0.919. The number of carbonyl (C=O) groups is 1. The fourth-order valence-electron chi connectivity index (χ4n) is 3.64. The van der Waals surface area contributed by atoms with E-state index in [-0.39, 0.29) is 18.0 Å². The lowest BCUT2D eigenvalue weighted by Gasteiger charge is -2.27. The van der Waals surface area contributed by atoms with Crippen LogP contribution in [0.15, 0.2) is 47.5 Å². The lowest BCUT2D eigenvalue weighted by molar-refractivity contribution is -0.133. The molecule has 3 heterocycles. The van der Waals surface area contributed by atoms with Crippen LogP contribution in [0.25, 0.3) is 20.7 Å². The summed E-state index contributed by atoms with van der Waals surface area (Å²) < 4.78 is 1.44. The van der Waals surface area contributed by atoms with Gasteiger partial charge in [0.1, 0.15) is 11.4 Å². The molecular weight excluding hydrogens is 348 g/mol. The second-order valence-corrected chi connectivity index (χ2v) is 7.85. The van der Waals surface area contributed by atoms with Crippen molar-refractivity contribution in [3.05, 3.63) is 53.1 Å². The Kier molecular flexibility index (Phi) is 3.65. The topological polar surface area (TPSA) is 67.2 Å². The molecule has 26 heavy (non-hydrogen) atoms. The molecular formula is C19H18N4O2S. The first-order valence-electron chi connectivity index (χ1n) is 8.78. The summed E-state index contributed by atoms with van der Waals surface area (Å²) in [6.07, 6.45) is 2.52. The third-order valence-electron chi connectivity index (χ3n) is 5.12. The number of amides is 1. The fraction of sp³-hybridized carbons (Fsp3) is 0.316. The van der Waals surface area contributed by atoms with Gasteiger partial charge in [-0.1, -0.05) is 30.3 Å². The molecule has 0 radical (unpaired) electrons. The number of fused-ring (bicyclic) bond motifs is 2. The number of benzene rings is 1. The Labute approximate surface area is 154 Å². The highest BCUT2D eigenvalue weighted by atomic mass is 32.1. The number of rotatable bonds is 3. The molecule has 1 saturated heterocycles. The zero-order valence-corrected chi connectivity index (χ0v) is 14.9. The molecule has 2 atom stereocenters. The van der Waals surface area contributed by atoms with E-state index in [2.05, 4.69) is 10.3 Å². The number of carbonyl (C=O) groups excluding carboxylic acids is 1. The Morgan fingerprint density at radius 2 is 2.15 bits per heavy atom. The maximum absolute atomic E-state index is 12.8. The Hall–Kier alpha value is -2.51. The van der Waals surface area contributed by atoms with Gasteiger partial charge in [0.05, 0.1) is 11.7 Å². The standard InChI is InChI=1S/C19H18N4O2S/c24-17(23-7-6-20-14-9-15(14)23)10-22-11-21-18-13(19(22)25)8-16(26-18)12-4-2-1-3-5-12/h1-5,8,11,14-15,20H,6-7,9-10H2. The van der Waals surface area contributed by atoms with Crippen LogP contribution in [-0.4, -0.2) is 45.5 Å². The van der Waals surface area contributed by atoms with E-state index >= 15 is 0 Å². The molecule has 1 N–H and O–H groups in total. The SMILES string of the molecule is O=C(Cn1cnc2sc(-c3ccccc3)cc2c1=O)N1CCNC2CC21. The number of thiophene rings is 1. The smallest absolute Gasteiger partial charge is 0.262 e. The van der Waals surface area contributed by atoms with Crippen molar-refractivity contribution in [2.75, 3.05) is 13.1 Å². The predicted octanol–water partition coefficient (Wildman–Crippen LogP) is 1.70. The van der Waals surface area contributed by atoms with Crippen LogP contribution in [0, 0.1) is 0 Å². The van der Waals surface area contributed by atoms with Crippen molar-refractivity contribution in [1.82, 2.24) is 19.8 Å². The zero-order chi connectivity index (χ0) is 17.7.